The maximum atomic E-state index is 6.00. The topological polar surface area (TPSA) is 18.5 Å². The molecule has 2 nitrogen and oxygen atoms in total. The van der Waals surface area contributed by atoms with Crippen molar-refractivity contribution in [3.63, 3.8) is 0 Å². The highest BCUT2D eigenvalue weighted by Gasteiger charge is 2.34. The van der Waals surface area contributed by atoms with Crippen LogP contribution in [0.3, 0.4) is 0 Å². The van der Waals surface area contributed by atoms with E-state index in [1.54, 1.807) is 0 Å². The Kier molecular flexibility index (Phi) is 2.71. The molecule has 0 aromatic carbocycles. The molecule has 1 heterocycles. The Bertz CT molecular complexity index is 203. The van der Waals surface area contributed by atoms with Crippen LogP contribution >= 0.6 is 0 Å². The number of ether oxygens (including phenoxy) is 2. The van der Waals surface area contributed by atoms with E-state index in [0.29, 0.717) is 0 Å². The van der Waals surface area contributed by atoms with E-state index in [0.717, 1.165) is 25.2 Å². The van der Waals surface area contributed by atoms with E-state index >= 15 is 0 Å². The van der Waals surface area contributed by atoms with Crippen LogP contribution in [0.5, 0.6) is 0 Å². The fraction of sp³-hybridized carbons (Fsp3) is 0.818. The lowest BCUT2D eigenvalue weighted by Crippen LogP contribution is -2.41. The van der Waals surface area contributed by atoms with Crippen molar-refractivity contribution in [3.05, 3.63) is 12.3 Å². The molecule has 0 amide bonds. The molecule has 1 atom stereocenters. The van der Waals surface area contributed by atoms with Gasteiger partial charge in [-0.1, -0.05) is 6.58 Å². The average Bonchev–Trinajstić information content (AvgIpc) is 1.79. The minimum atomic E-state index is -0.0909. The summed E-state index contributed by atoms with van der Waals surface area (Å²) in [7, 11) is 0. The summed E-state index contributed by atoms with van der Waals surface area (Å²) in [6.07, 6.45) is 1.76. The lowest BCUT2D eigenvalue weighted by Gasteiger charge is -2.39. The molecule has 0 N–H and O–H groups in total. The first-order chi connectivity index (χ1) is 5.81. The zero-order valence-corrected chi connectivity index (χ0v) is 9.14. The van der Waals surface area contributed by atoms with E-state index in [9.17, 15) is 0 Å². The highest BCUT2D eigenvalue weighted by molar-refractivity contribution is 4.97. The molecule has 0 saturated carbocycles. The monoisotopic (exact) mass is 184 g/mol. The Morgan fingerprint density at radius 2 is 2.08 bits per heavy atom. The quantitative estimate of drug-likeness (QED) is 0.624. The summed E-state index contributed by atoms with van der Waals surface area (Å²) < 4.78 is 11.3. The summed E-state index contributed by atoms with van der Waals surface area (Å²) >= 11 is 0. The number of rotatable bonds is 1. The molecule has 0 radical (unpaired) electrons. The predicted octanol–water partition coefficient (Wildman–Crippen LogP) is 2.88. The fourth-order valence-corrected chi connectivity index (χ4v) is 1.79. The summed E-state index contributed by atoms with van der Waals surface area (Å²) in [5.74, 6) is 0.845. The normalized spacial score (nSPS) is 30.0. The molecule has 13 heavy (non-hydrogen) atoms. The first-order valence-corrected chi connectivity index (χ1v) is 4.82. The molecule has 2 heteroatoms. The Balaban J connectivity index is 2.59. The highest BCUT2D eigenvalue weighted by Crippen LogP contribution is 2.33. The van der Waals surface area contributed by atoms with Crippen LogP contribution in [0, 0.1) is 0 Å². The second-order valence-electron chi connectivity index (χ2n) is 4.98. The summed E-state index contributed by atoms with van der Waals surface area (Å²) in [5, 5.41) is 0. The van der Waals surface area contributed by atoms with E-state index in [-0.39, 0.29) is 11.2 Å². The molecule has 1 aliphatic rings. The zero-order chi connectivity index (χ0) is 10.1. The van der Waals surface area contributed by atoms with Crippen LogP contribution in [-0.2, 0) is 9.47 Å². The van der Waals surface area contributed by atoms with Crippen LogP contribution in [0.15, 0.2) is 12.3 Å². The van der Waals surface area contributed by atoms with Crippen molar-refractivity contribution in [1.82, 2.24) is 0 Å². The van der Waals surface area contributed by atoms with Crippen molar-refractivity contribution in [3.8, 4) is 0 Å². The van der Waals surface area contributed by atoms with Crippen LogP contribution in [0.25, 0.3) is 0 Å². The predicted molar refractivity (Wildman–Crippen MR) is 53.6 cm³/mol. The summed E-state index contributed by atoms with van der Waals surface area (Å²) in [4.78, 5) is 0. The largest absolute Gasteiger partial charge is 0.498 e. The first-order valence-electron chi connectivity index (χ1n) is 4.82. The van der Waals surface area contributed by atoms with Crippen molar-refractivity contribution in [2.75, 3.05) is 6.61 Å². The third-order valence-electron chi connectivity index (χ3n) is 2.06. The SMILES string of the molecule is C=C1CC(C)(OC(C)(C)C)CCO1. The second-order valence-corrected chi connectivity index (χ2v) is 4.98. The van der Waals surface area contributed by atoms with Gasteiger partial charge in [0.15, 0.2) is 0 Å². The lowest BCUT2D eigenvalue weighted by atomic mass is 9.94. The van der Waals surface area contributed by atoms with Gasteiger partial charge in [-0.15, -0.1) is 0 Å². The van der Waals surface area contributed by atoms with E-state index in [1.165, 1.54) is 0 Å². The molecule has 0 aliphatic carbocycles. The van der Waals surface area contributed by atoms with E-state index < -0.39 is 0 Å². The van der Waals surface area contributed by atoms with Gasteiger partial charge in [0, 0.05) is 12.8 Å². The van der Waals surface area contributed by atoms with Crippen molar-refractivity contribution < 1.29 is 9.47 Å². The van der Waals surface area contributed by atoms with Crippen molar-refractivity contribution in [1.29, 1.82) is 0 Å². The van der Waals surface area contributed by atoms with Gasteiger partial charge in [0.05, 0.1) is 23.6 Å². The highest BCUT2D eigenvalue weighted by atomic mass is 16.5. The molecule has 0 aromatic rings. The fourth-order valence-electron chi connectivity index (χ4n) is 1.79. The van der Waals surface area contributed by atoms with Gasteiger partial charge < -0.3 is 9.47 Å². The Labute approximate surface area is 80.9 Å². The molecule has 0 aromatic heterocycles. The van der Waals surface area contributed by atoms with Crippen LogP contribution < -0.4 is 0 Å². The number of hydrogen-bond donors (Lipinski definition) is 0. The standard InChI is InChI=1S/C11H20O2/c1-9-8-11(5,6-7-12-9)13-10(2,3)4/h1,6-8H2,2-5H3. The Hall–Kier alpha value is -0.500. The lowest BCUT2D eigenvalue weighted by molar-refractivity contribution is -0.148. The molecule has 1 fully saturated rings. The smallest absolute Gasteiger partial charge is 0.0916 e. The molecule has 1 unspecified atom stereocenters. The maximum Gasteiger partial charge on any atom is 0.0916 e. The van der Waals surface area contributed by atoms with E-state index in [4.69, 9.17) is 9.47 Å². The van der Waals surface area contributed by atoms with Crippen LogP contribution in [-0.4, -0.2) is 17.8 Å². The van der Waals surface area contributed by atoms with Gasteiger partial charge in [-0.25, -0.2) is 0 Å². The minimum absolute atomic E-state index is 0.0897. The maximum absolute atomic E-state index is 6.00. The second kappa shape index (κ2) is 3.33. The van der Waals surface area contributed by atoms with Gasteiger partial charge in [0.1, 0.15) is 0 Å². The molecule has 76 valence electrons. The number of hydrogen-bond acceptors (Lipinski definition) is 2. The van der Waals surface area contributed by atoms with Crippen LogP contribution in [0.4, 0.5) is 0 Å². The minimum Gasteiger partial charge on any atom is -0.498 e. The van der Waals surface area contributed by atoms with Crippen molar-refractivity contribution >= 4 is 0 Å². The van der Waals surface area contributed by atoms with E-state index in [2.05, 4.69) is 34.3 Å². The molecule has 1 aliphatic heterocycles. The van der Waals surface area contributed by atoms with Gasteiger partial charge in [-0.3, -0.25) is 0 Å². The van der Waals surface area contributed by atoms with Gasteiger partial charge in [0.2, 0.25) is 0 Å². The summed E-state index contributed by atoms with van der Waals surface area (Å²) in [5.41, 5.74) is -0.181. The molecule has 1 saturated heterocycles. The van der Waals surface area contributed by atoms with Gasteiger partial charge in [0.25, 0.3) is 0 Å². The van der Waals surface area contributed by atoms with Gasteiger partial charge in [-0.05, 0) is 27.7 Å². The van der Waals surface area contributed by atoms with Gasteiger partial charge in [-0.2, -0.15) is 0 Å². The van der Waals surface area contributed by atoms with Crippen molar-refractivity contribution in [2.24, 2.45) is 0 Å². The molecular formula is C11H20O2. The Morgan fingerprint density at radius 3 is 2.54 bits per heavy atom. The summed E-state index contributed by atoms with van der Waals surface area (Å²) in [6, 6.07) is 0. The average molecular weight is 184 g/mol. The van der Waals surface area contributed by atoms with Crippen LogP contribution in [0.2, 0.25) is 0 Å². The first kappa shape index (κ1) is 10.6. The zero-order valence-electron chi connectivity index (χ0n) is 9.14. The molecular weight excluding hydrogens is 164 g/mol. The molecule has 1 rings (SSSR count). The van der Waals surface area contributed by atoms with Crippen molar-refractivity contribution in [2.45, 2.75) is 51.7 Å². The van der Waals surface area contributed by atoms with Gasteiger partial charge >= 0.3 is 0 Å². The van der Waals surface area contributed by atoms with E-state index in [1.807, 2.05) is 0 Å². The molecule has 0 bridgehead atoms. The third-order valence-corrected chi connectivity index (χ3v) is 2.06. The van der Waals surface area contributed by atoms with Crippen LogP contribution in [0.1, 0.15) is 40.5 Å². The Morgan fingerprint density at radius 1 is 1.46 bits per heavy atom. The molecule has 0 spiro atoms. The summed E-state index contributed by atoms with van der Waals surface area (Å²) in [6.45, 7) is 12.9. The third kappa shape index (κ3) is 3.39.